The first-order valence-corrected chi connectivity index (χ1v) is 8.30. The van der Waals surface area contributed by atoms with E-state index in [1.54, 1.807) is 32.4 Å². The van der Waals surface area contributed by atoms with Gasteiger partial charge in [-0.1, -0.05) is 29.8 Å². The summed E-state index contributed by atoms with van der Waals surface area (Å²) in [6, 6.07) is 10.7. The normalized spacial score (nSPS) is 10.1. The molecular weight excluding hydrogens is 360 g/mol. The number of hydrogen-bond acceptors (Lipinski definition) is 4. The van der Waals surface area contributed by atoms with Gasteiger partial charge in [-0.3, -0.25) is 10.1 Å². The molecular formula is C18H19ClN2O3S. The molecule has 5 nitrogen and oxygen atoms in total. The smallest absolute Gasteiger partial charge is 0.257 e. The SMILES string of the molecule is COc1cc(Cl)c(CNC(=S)NC(=O)c2ccccc2C)cc1OC. The number of carbonyl (C=O) groups excluding carboxylic acids is 1. The molecule has 0 aliphatic carbocycles. The maximum Gasteiger partial charge on any atom is 0.257 e. The minimum Gasteiger partial charge on any atom is -0.493 e. The molecule has 0 aromatic heterocycles. The number of thiocarbonyl (C=S) groups is 1. The number of hydrogen-bond donors (Lipinski definition) is 2. The summed E-state index contributed by atoms with van der Waals surface area (Å²) in [7, 11) is 3.10. The number of rotatable bonds is 5. The number of carbonyl (C=O) groups is 1. The summed E-state index contributed by atoms with van der Waals surface area (Å²) in [5, 5.41) is 6.36. The number of ether oxygens (including phenoxy) is 2. The Balaban J connectivity index is 2.01. The van der Waals surface area contributed by atoms with Crippen LogP contribution in [0, 0.1) is 6.92 Å². The second-order valence-corrected chi connectivity index (χ2v) is 6.07. The molecule has 2 N–H and O–H groups in total. The molecule has 0 saturated carbocycles. The van der Waals surface area contributed by atoms with Gasteiger partial charge in [0.25, 0.3) is 5.91 Å². The number of nitrogens with one attached hydrogen (secondary N) is 2. The van der Waals surface area contributed by atoms with E-state index in [1.165, 1.54) is 0 Å². The van der Waals surface area contributed by atoms with Gasteiger partial charge in [0.1, 0.15) is 0 Å². The van der Waals surface area contributed by atoms with E-state index in [1.807, 2.05) is 25.1 Å². The summed E-state index contributed by atoms with van der Waals surface area (Å²) in [5.41, 5.74) is 2.23. The Morgan fingerprint density at radius 3 is 2.44 bits per heavy atom. The molecule has 2 aromatic rings. The van der Waals surface area contributed by atoms with E-state index in [0.717, 1.165) is 11.1 Å². The fourth-order valence-electron chi connectivity index (χ4n) is 2.25. The molecule has 0 spiro atoms. The minimum atomic E-state index is -0.256. The summed E-state index contributed by atoms with van der Waals surface area (Å²) in [5.74, 6) is 0.860. The second-order valence-electron chi connectivity index (χ2n) is 5.25. The summed E-state index contributed by atoms with van der Waals surface area (Å²) >= 11 is 11.4. The van der Waals surface area contributed by atoms with Gasteiger partial charge in [-0.2, -0.15) is 0 Å². The van der Waals surface area contributed by atoms with Crippen molar-refractivity contribution in [1.82, 2.24) is 10.6 Å². The zero-order chi connectivity index (χ0) is 18.4. The molecule has 2 rings (SSSR count). The fourth-order valence-corrected chi connectivity index (χ4v) is 2.63. The Labute approximate surface area is 157 Å². The van der Waals surface area contributed by atoms with Crippen LogP contribution in [-0.2, 0) is 6.54 Å². The molecule has 0 saturated heterocycles. The van der Waals surface area contributed by atoms with Crippen LogP contribution < -0.4 is 20.1 Å². The first kappa shape index (κ1) is 19.0. The third-order valence-corrected chi connectivity index (χ3v) is 4.21. The van der Waals surface area contributed by atoms with Crippen molar-refractivity contribution in [2.75, 3.05) is 14.2 Å². The number of methoxy groups -OCH3 is 2. The number of halogens is 1. The highest BCUT2D eigenvalue weighted by atomic mass is 35.5. The molecule has 0 unspecified atom stereocenters. The predicted molar refractivity (Wildman–Crippen MR) is 103 cm³/mol. The molecule has 2 aromatic carbocycles. The van der Waals surface area contributed by atoms with Crippen LogP contribution in [0.15, 0.2) is 36.4 Å². The van der Waals surface area contributed by atoms with Gasteiger partial charge in [0, 0.05) is 23.2 Å². The zero-order valence-electron chi connectivity index (χ0n) is 14.2. The molecule has 25 heavy (non-hydrogen) atoms. The number of amides is 1. The Kier molecular flexibility index (Phi) is 6.61. The van der Waals surface area contributed by atoms with Crippen LogP contribution in [0.3, 0.4) is 0 Å². The third-order valence-electron chi connectivity index (χ3n) is 3.61. The van der Waals surface area contributed by atoms with Crippen LogP contribution in [0.1, 0.15) is 21.5 Å². The van der Waals surface area contributed by atoms with Gasteiger partial charge < -0.3 is 14.8 Å². The average molecular weight is 379 g/mol. The molecule has 1 amide bonds. The lowest BCUT2D eigenvalue weighted by atomic mass is 10.1. The van der Waals surface area contributed by atoms with E-state index in [2.05, 4.69) is 10.6 Å². The molecule has 0 aliphatic rings. The van der Waals surface area contributed by atoms with Crippen molar-refractivity contribution in [3.63, 3.8) is 0 Å². The van der Waals surface area contributed by atoms with E-state index < -0.39 is 0 Å². The molecule has 0 atom stereocenters. The molecule has 0 aliphatic heterocycles. The summed E-state index contributed by atoms with van der Waals surface area (Å²) in [6.07, 6.45) is 0. The maximum absolute atomic E-state index is 12.2. The van der Waals surface area contributed by atoms with Gasteiger partial charge in [-0.15, -0.1) is 0 Å². The van der Waals surface area contributed by atoms with Crippen molar-refractivity contribution < 1.29 is 14.3 Å². The highest BCUT2D eigenvalue weighted by Crippen LogP contribution is 2.32. The van der Waals surface area contributed by atoms with Gasteiger partial charge in [0.05, 0.1) is 14.2 Å². The third kappa shape index (κ3) is 4.84. The predicted octanol–water partition coefficient (Wildman–Crippen LogP) is 3.47. The fraction of sp³-hybridized carbons (Fsp3) is 0.222. The monoisotopic (exact) mass is 378 g/mol. The molecule has 7 heteroatoms. The van der Waals surface area contributed by atoms with Crippen molar-refractivity contribution in [1.29, 1.82) is 0 Å². The van der Waals surface area contributed by atoms with Crippen molar-refractivity contribution in [2.45, 2.75) is 13.5 Å². The lowest BCUT2D eigenvalue weighted by molar-refractivity contribution is 0.0976. The topological polar surface area (TPSA) is 59.6 Å². The zero-order valence-corrected chi connectivity index (χ0v) is 15.8. The van der Waals surface area contributed by atoms with Crippen LogP contribution >= 0.6 is 23.8 Å². The number of benzene rings is 2. The summed E-state index contributed by atoms with van der Waals surface area (Å²) in [6.45, 7) is 2.21. The quantitative estimate of drug-likeness (QED) is 0.780. The van der Waals surface area contributed by atoms with Crippen LogP contribution in [-0.4, -0.2) is 25.2 Å². The Hall–Kier alpha value is -2.31. The van der Waals surface area contributed by atoms with Crippen LogP contribution in [0.4, 0.5) is 0 Å². The van der Waals surface area contributed by atoms with Crippen molar-refractivity contribution >= 4 is 34.8 Å². The first-order valence-electron chi connectivity index (χ1n) is 7.51. The maximum atomic E-state index is 12.2. The largest absolute Gasteiger partial charge is 0.493 e. The number of aryl methyl sites for hydroxylation is 1. The minimum absolute atomic E-state index is 0.221. The van der Waals surface area contributed by atoms with Crippen LogP contribution in [0.25, 0.3) is 0 Å². The molecule has 0 fully saturated rings. The molecule has 132 valence electrons. The van der Waals surface area contributed by atoms with E-state index in [4.69, 9.17) is 33.3 Å². The second kappa shape index (κ2) is 8.69. The Morgan fingerprint density at radius 1 is 1.16 bits per heavy atom. The van der Waals surface area contributed by atoms with E-state index >= 15 is 0 Å². The average Bonchev–Trinajstić information content (AvgIpc) is 2.60. The van der Waals surface area contributed by atoms with Crippen molar-refractivity contribution in [3.05, 3.63) is 58.1 Å². The van der Waals surface area contributed by atoms with E-state index in [-0.39, 0.29) is 11.0 Å². The van der Waals surface area contributed by atoms with Gasteiger partial charge >= 0.3 is 0 Å². The summed E-state index contributed by atoms with van der Waals surface area (Å²) in [4.78, 5) is 12.2. The molecule has 0 bridgehead atoms. The van der Waals surface area contributed by atoms with Gasteiger partial charge in [-0.05, 0) is 42.4 Å². The van der Waals surface area contributed by atoms with Gasteiger partial charge in [0.15, 0.2) is 16.6 Å². The Morgan fingerprint density at radius 2 is 1.80 bits per heavy atom. The van der Waals surface area contributed by atoms with Crippen LogP contribution in [0.5, 0.6) is 11.5 Å². The van der Waals surface area contributed by atoms with E-state index in [0.29, 0.717) is 28.6 Å². The van der Waals surface area contributed by atoms with Crippen molar-refractivity contribution in [2.24, 2.45) is 0 Å². The van der Waals surface area contributed by atoms with E-state index in [9.17, 15) is 4.79 Å². The lowest BCUT2D eigenvalue weighted by Gasteiger charge is -2.14. The van der Waals surface area contributed by atoms with Gasteiger partial charge in [0.2, 0.25) is 0 Å². The Bertz CT molecular complexity index is 796. The molecule has 0 heterocycles. The lowest BCUT2D eigenvalue weighted by Crippen LogP contribution is -2.39. The summed E-state index contributed by atoms with van der Waals surface area (Å²) < 4.78 is 10.5. The molecule has 0 radical (unpaired) electrons. The highest BCUT2D eigenvalue weighted by Gasteiger charge is 2.12. The standard InChI is InChI=1S/C18H19ClN2O3S/c1-11-6-4-5-7-13(11)17(22)21-18(25)20-10-12-8-15(23-2)16(24-3)9-14(12)19/h4-9H,10H2,1-3H3,(H2,20,21,22,25). The van der Waals surface area contributed by atoms with Crippen LogP contribution in [0.2, 0.25) is 5.02 Å². The first-order chi connectivity index (χ1) is 12.0. The van der Waals surface area contributed by atoms with Crippen molar-refractivity contribution in [3.8, 4) is 11.5 Å². The highest BCUT2D eigenvalue weighted by molar-refractivity contribution is 7.80. The van der Waals surface area contributed by atoms with Gasteiger partial charge in [-0.25, -0.2) is 0 Å².